The van der Waals surface area contributed by atoms with Crippen LogP contribution in [0.1, 0.15) is 40.0 Å². The zero-order valence-corrected chi connectivity index (χ0v) is 10.1. The second kappa shape index (κ2) is 4.31. The predicted molar refractivity (Wildman–Crippen MR) is 59.9 cm³/mol. The number of carbonyl (C=O) groups is 2. The smallest absolute Gasteiger partial charge is 0.408 e. The maximum absolute atomic E-state index is 11.3. The average molecular weight is 228 g/mol. The number of hydrogen-bond donors (Lipinski definition) is 2. The summed E-state index contributed by atoms with van der Waals surface area (Å²) >= 11 is 0. The van der Waals surface area contributed by atoms with E-state index in [1.807, 2.05) is 20.8 Å². The van der Waals surface area contributed by atoms with Crippen LogP contribution < -0.4 is 5.73 Å². The van der Waals surface area contributed by atoms with Gasteiger partial charge in [-0.1, -0.05) is 6.42 Å². The third-order valence-electron chi connectivity index (χ3n) is 3.11. The summed E-state index contributed by atoms with van der Waals surface area (Å²) in [6, 6.07) is -0.269. The molecule has 3 N–H and O–H groups in total. The lowest BCUT2D eigenvalue weighted by Gasteiger charge is -2.39. The SMILES string of the molecule is CC(C)(C)N(C(=O)O)[C@@H]1CCC[C@@H]1C(N)=O. The van der Waals surface area contributed by atoms with E-state index in [0.29, 0.717) is 6.42 Å². The van der Waals surface area contributed by atoms with Gasteiger partial charge in [0.1, 0.15) is 0 Å². The van der Waals surface area contributed by atoms with Gasteiger partial charge in [-0.05, 0) is 33.6 Å². The van der Waals surface area contributed by atoms with Gasteiger partial charge < -0.3 is 10.8 Å². The molecule has 1 saturated carbocycles. The molecule has 0 unspecified atom stereocenters. The molecule has 5 heteroatoms. The molecule has 0 aliphatic heterocycles. The first-order valence-corrected chi connectivity index (χ1v) is 5.56. The van der Waals surface area contributed by atoms with Gasteiger partial charge in [-0.25, -0.2) is 4.79 Å². The normalized spacial score (nSPS) is 25.4. The number of carboxylic acid groups (broad SMARTS) is 1. The van der Waals surface area contributed by atoms with E-state index in [1.54, 1.807) is 0 Å². The van der Waals surface area contributed by atoms with Gasteiger partial charge in [0.05, 0.1) is 5.92 Å². The molecule has 0 radical (unpaired) electrons. The van der Waals surface area contributed by atoms with Gasteiger partial charge in [-0.15, -0.1) is 0 Å². The molecule has 16 heavy (non-hydrogen) atoms. The second-order valence-electron chi connectivity index (χ2n) is 5.33. The number of primary amides is 1. The number of nitrogens with two attached hydrogens (primary N) is 1. The topological polar surface area (TPSA) is 83.6 Å². The zero-order chi connectivity index (χ0) is 12.5. The van der Waals surface area contributed by atoms with Crippen LogP contribution in [0.4, 0.5) is 4.79 Å². The molecule has 1 aliphatic rings. The van der Waals surface area contributed by atoms with Crippen molar-refractivity contribution in [3.63, 3.8) is 0 Å². The Kier molecular flexibility index (Phi) is 3.45. The van der Waals surface area contributed by atoms with Gasteiger partial charge in [0.25, 0.3) is 0 Å². The van der Waals surface area contributed by atoms with Gasteiger partial charge in [0.15, 0.2) is 0 Å². The van der Waals surface area contributed by atoms with Crippen LogP contribution in [0.5, 0.6) is 0 Å². The molecule has 2 atom stereocenters. The van der Waals surface area contributed by atoms with Crippen LogP contribution in [-0.4, -0.2) is 33.6 Å². The Bertz CT molecular complexity index is 296. The van der Waals surface area contributed by atoms with Crippen molar-refractivity contribution in [1.29, 1.82) is 0 Å². The largest absolute Gasteiger partial charge is 0.465 e. The van der Waals surface area contributed by atoms with Gasteiger partial charge >= 0.3 is 6.09 Å². The highest BCUT2D eigenvalue weighted by Gasteiger charge is 2.42. The number of hydrogen-bond acceptors (Lipinski definition) is 2. The Morgan fingerprint density at radius 2 is 1.88 bits per heavy atom. The van der Waals surface area contributed by atoms with E-state index in [0.717, 1.165) is 12.8 Å². The Balaban J connectivity index is 2.95. The van der Waals surface area contributed by atoms with Gasteiger partial charge in [-0.2, -0.15) is 0 Å². The summed E-state index contributed by atoms with van der Waals surface area (Å²) in [6.07, 6.45) is 1.29. The molecular weight excluding hydrogens is 208 g/mol. The molecular formula is C11H20N2O3. The van der Waals surface area contributed by atoms with Crippen molar-refractivity contribution in [3.05, 3.63) is 0 Å². The third kappa shape index (κ3) is 2.46. The van der Waals surface area contributed by atoms with Crippen molar-refractivity contribution < 1.29 is 14.7 Å². The van der Waals surface area contributed by atoms with Gasteiger partial charge in [0, 0.05) is 11.6 Å². The Labute approximate surface area is 95.6 Å². The number of nitrogens with zero attached hydrogens (tertiary/aromatic N) is 1. The summed E-state index contributed by atoms with van der Waals surface area (Å²) in [5.41, 5.74) is 4.81. The molecule has 1 aliphatic carbocycles. The Hall–Kier alpha value is -1.26. The first-order valence-electron chi connectivity index (χ1n) is 5.56. The molecule has 92 valence electrons. The monoisotopic (exact) mass is 228 g/mol. The molecule has 0 aromatic heterocycles. The van der Waals surface area contributed by atoms with E-state index < -0.39 is 17.5 Å². The van der Waals surface area contributed by atoms with Crippen molar-refractivity contribution in [2.75, 3.05) is 0 Å². The van der Waals surface area contributed by atoms with E-state index in [1.165, 1.54) is 4.90 Å². The fourth-order valence-corrected chi connectivity index (χ4v) is 2.51. The van der Waals surface area contributed by atoms with Gasteiger partial charge in [-0.3, -0.25) is 9.69 Å². The van der Waals surface area contributed by atoms with Crippen LogP contribution in [0.2, 0.25) is 0 Å². The summed E-state index contributed by atoms with van der Waals surface area (Å²) in [4.78, 5) is 23.9. The first-order chi connectivity index (χ1) is 7.25. The van der Waals surface area contributed by atoms with Gasteiger partial charge in [0.2, 0.25) is 5.91 Å². The molecule has 1 fully saturated rings. The highest BCUT2D eigenvalue weighted by molar-refractivity contribution is 5.79. The minimum atomic E-state index is -0.981. The Morgan fingerprint density at radius 1 is 1.31 bits per heavy atom. The van der Waals surface area contributed by atoms with Crippen molar-refractivity contribution >= 4 is 12.0 Å². The van der Waals surface area contributed by atoms with Crippen molar-refractivity contribution in [3.8, 4) is 0 Å². The third-order valence-corrected chi connectivity index (χ3v) is 3.11. The van der Waals surface area contributed by atoms with E-state index in [-0.39, 0.29) is 12.0 Å². The van der Waals surface area contributed by atoms with Crippen LogP contribution in [-0.2, 0) is 4.79 Å². The lowest BCUT2D eigenvalue weighted by Crippen LogP contribution is -2.54. The number of carbonyl (C=O) groups excluding carboxylic acids is 1. The van der Waals surface area contributed by atoms with Crippen molar-refractivity contribution in [2.45, 2.75) is 51.6 Å². The molecule has 2 amide bonds. The molecule has 0 saturated heterocycles. The predicted octanol–water partition coefficient (Wildman–Crippen LogP) is 1.42. The molecule has 5 nitrogen and oxygen atoms in total. The maximum Gasteiger partial charge on any atom is 0.408 e. The number of amides is 2. The first kappa shape index (κ1) is 12.8. The summed E-state index contributed by atoms with van der Waals surface area (Å²) in [7, 11) is 0. The summed E-state index contributed by atoms with van der Waals surface area (Å²) in [5.74, 6) is -0.728. The minimum Gasteiger partial charge on any atom is -0.465 e. The van der Waals surface area contributed by atoms with Crippen LogP contribution in [0.3, 0.4) is 0 Å². The van der Waals surface area contributed by atoms with Crippen molar-refractivity contribution in [1.82, 2.24) is 4.90 Å². The van der Waals surface area contributed by atoms with E-state index in [4.69, 9.17) is 5.73 Å². The Morgan fingerprint density at radius 3 is 2.25 bits per heavy atom. The molecule has 0 bridgehead atoms. The van der Waals surface area contributed by atoms with Crippen LogP contribution in [0, 0.1) is 5.92 Å². The van der Waals surface area contributed by atoms with E-state index >= 15 is 0 Å². The maximum atomic E-state index is 11.3. The summed E-state index contributed by atoms with van der Waals surface area (Å²) in [5, 5.41) is 9.24. The average Bonchev–Trinajstić information content (AvgIpc) is 2.48. The highest BCUT2D eigenvalue weighted by Crippen LogP contribution is 2.33. The van der Waals surface area contributed by atoms with Crippen molar-refractivity contribution in [2.24, 2.45) is 11.7 Å². The molecule has 1 rings (SSSR count). The summed E-state index contributed by atoms with van der Waals surface area (Å²) < 4.78 is 0. The lowest BCUT2D eigenvalue weighted by atomic mass is 9.96. The van der Waals surface area contributed by atoms with Crippen LogP contribution >= 0.6 is 0 Å². The number of rotatable bonds is 2. The highest BCUT2D eigenvalue weighted by atomic mass is 16.4. The molecule has 0 heterocycles. The lowest BCUT2D eigenvalue weighted by molar-refractivity contribution is -0.123. The minimum absolute atomic E-state index is 0.269. The fourth-order valence-electron chi connectivity index (χ4n) is 2.51. The standard InChI is InChI=1S/C11H20N2O3/c1-11(2,3)13(10(15)16)8-6-4-5-7(8)9(12)14/h7-8H,4-6H2,1-3H3,(H2,12,14)(H,15,16)/t7-,8+/m0/s1. The summed E-state index contributed by atoms with van der Waals surface area (Å²) in [6.45, 7) is 5.49. The quantitative estimate of drug-likeness (QED) is 0.749. The van der Waals surface area contributed by atoms with Crippen LogP contribution in [0.15, 0.2) is 0 Å². The fraction of sp³-hybridized carbons (Fsp3) is 0.818. The zero-order valence-electron chi connectivity index (χ0n) is 10.1. The second-order valence-corrected chi connectivity index (χ2v) is 5.33. The van der Waals surface area contributed by atoms with Crippen LogP contribution in [0.25, 0.3) is 0 Å². The van der Waals surface area contributed by atoms with E-state index in [2.05, 4.69) is 0 Å². The van der Waals surface area contributed by atoms with E-state index in [9.17, 15) is 14.7 Å². The molecule has 0 aromatic carbocycles. The molecule has 0 spiro atoms. The molecule has 0 aromatic rings.